The number of imidazole rings is 1. The molecule has 5 aromatic rings. The topological polar surface area (TPSA) is 47.1 Å². The van der Waals surface area contributed by atoms with Crippen molar-refractivity contribution in [2.45, 2.75) is 20.0 Å². The third-order valence-corrected chi connectivity index (χ3v) is 5.35. The van der Waals surface area contributed by atoms with Crippen LogP contribution in [0, 0.1) is 0 Å². The minimum Gasteiger partial charge on any atom is -0.342 e. The summed E-state index contributed by atoms with van der Waals surface area (Å²) in [4.78, 5) is 4.67. The van der Waals surface area contributed by atoms with Gasteiger partial charge in [-0.15, -0.1) is 0 Å². The maximum Gasteiger partial charge on any atom is 0.224 e. The predicted molar refractivity (Wildman–Crippen MR) is 124 cm³/mol. The highest BCUT2D eigenvalue weighted by atomic mass is 15.4. The zero-order chi connectivity index (χ0) is 20.3. The van der Waals surface area contributed by atoms with E-state index in [1.807, 2.05) is 30.5 Å². The van der Waals surface area contributed by atoms with Crippen LogP contribution in [0.15, 0.2) is 90.2 Å². The van der Waals surface area contributed by atoms with Gasteiger partial charge in [0.05, 0.1) is 17.2 Å². The van der Waals surface area contributed by atoms with Gasteiger partial charge in [-0.3, -0.25) is 0 Å². The number of para-hydroxylation sites is 3. The highest BCUT2D eigenvalue weighted by Crippen LogP contribution is 2.22. The smallest absolute Gasteiger partial charge is 0.224 e. The number of nitrogens with one attached hydrogen (secondary N) is 1. The summed E-state index contributed by atoms with van der Waals surface area (Å²) < 4.78 is 4.40. The molecule has 0 saturated heterocycles. The molecule has 0 unspecified atom stereocenters. The molecule has 0 aliphatic rings. The number of hydrogen-bond donors (Lipinski definition) is 1. The van der Waals surface area contributed by atoms with Crippen LogP contribution >= 0.6 is 0 Å². The zero-order valence-electron chi connectivity index (χ0n) is 16.9. The molecule has 3 aromatic carbocycles. The van der Waals surface area contributed by atoms with E-state index in [0.29, 0.717) is 0 Å². The van der Waals surface area contributed by atoms with E-state index in [1.54, 1.807) is 0 Å². The summed E-state index contributed by atoms with van der Waals surface area (Å²) in [7, 11) is 0. The fourth-order valence-corrected chi connectivity index (χ4v) is 3.93. The first-order valence-corrected chi connectivity index (χ1v) is 10.2. The van der Waals surface area contributed by atoms with Gasteiger partial charge in [0.2, 0.25) is 5.95 Å². The van der Waals surface area contributed by atoms with Crippen LogP contribution in [0.5, 0.6) is 0 Å². The van der Waals surface area contributed by atoms with Gasteiger partial charge in [0, 0.05) is 35.8 Å². The molecule has 0 bridgehead atoms. The van der Waals surface area contributed by atoms with E-state index in [0.717, 1.165) is 35.6 Å². The quantitative estimate of drug-likeness (QED) is 0.306. The van der Waals surface area contributed by atoms with E-state index in [2.05, 4.69) is 92.4 Å². The maximum absolute atomic E-state index is 4.67. The van der Waals surface area contributed by atoms with E-state index < -0.39 is 0 Å². The van der Waals surface area contributed by atoms with Crippen LogP contribution in [0.3, 0.4) is 0 Å². The second kappa shape index (κ2) is 7.87. The molecule has 2 aromatic heterocycles. The lowest BCUT2D eigenvalue weighted by Crippen LogP contribution is -2.01. The van der Waals surface area contributed by atoms with Crippen molar-refractivity contribution in [2.24, 2.45) is 5.10 Å². The van der Waals surface area contributed by atoms with E-state index >= 15 is 0 Å². The Bertz CT molecular complexity index is 1330. The van der Waals surface area contributed by atoms with Crippen LogP contribution in [0.25, 0.3) is 21.9 Å². The second-order valence-electron chi connectivity index (χ2n) is 7.25. The van der Waals surface area contributed by atoms with Crippen LogP contribution in [-0.2, 0) is 13.1 Å². The van der Waals surface area contributed by atoms with Crippen molar-refractivity contribution in [1.82, 2.24) is 14.1 Å². The van der Waals surface area contributed by atoms with Gasteiger partial charge < -0.3 is 9.13 Å². The molecule has 1 N–H and O–H groups in total. The summed E-state index contributed by atoms with van der Waals surface area (Å²) >= 11 is 0. The number of anilines is 1. The summed E-state index contributed by atoms with van der Waals surface area (Å²) in [5.74, 6) is 0.753. The summed E-state index contributed by atoms with van der Waals surface area (Å²) in [6.45, 7) is 3.77. The van der Waals surface area contributed by atoms with Crippen LogP contribution in [0.1, 0.15) is 18.1 Å². The van der Waals surface area contributed by atoms with E-state index in [9.17, 15) is 0 Å². The average Bonchev–Trinajstić information content (AvgIpc) is 3.32. The van der Waals surface area contributed by atoms with E-state index in [-0.39, 0.29) is 0 Å². The number of benzene rings is 3. The van der Waals surface area contributed by atoms with Crippen LogP contribution in [-0.4, -0.2) is 20.3 Å². The monoisotopic (exact) mass is 393 g/mol. The lowest BCUT2D eigenvalue weighted by Gasteiger charge is -2.05. The van der Waals surface area contributed by atoms with Crippen molar-refractivity contribution in [1.29, 1.82) is 0 Å². The second-order valence-corrected chi connectivity index (χ2v) is 7.25. The molecule has 5 rings (SSSR count). The Morgan fingerprint density at radius 1 is 0.900 bits per heavy atom. The fourth-order valence-electron chi connectivity index (χ4n) is 3.93. The molecule has 0 amide bonds. The number of aryl methyl sites for hydroxylation is 1. The van der Waals surface area contributed by atoms with Gasteiger partial charge in [0.15, 0.2) is 0 Å². The summed E-state index contributed by atoms with van der Waals surface area (Å²) in [5, 5.41) is 5.70. The minimum absolute atomic E-state index is 0.753. The number of hydrazone groups is 1. The minimum atomic E-state index is 0.753. The van der Waals surface area contributed by atoms with Gasteiger partial charge in [-0.2, -0.15) is 5.10 Å². The highest BCUT2D eigenvalue weighted by Gasteiger charge is 2.09. The third kappa shape index (κ3) is 3.35. The summed E-state index contributed by atoms with van der Waals surface area (Å²) in [6, 6.07) is 27.1. The Labute approximate surface area is 175 Å². The van der Waals surface area contributed by atoms with E-state index in [4.69, 9.17) is 0 Å². The lowest BCUT2D eigenvalue weighted by atomic mass is 10.2. The van der Waals surface area contributed by atoms with Crippen LogP contribution in [0.4, 0.5) is 5.95 Å². The van der Waals surface area contributed by atoms with Crippen molar-refractivity contribution < 1.29 is 0 Å². The first kappa shape index (κ1) is 18.2. The Kier molecular flexibility index (Phi) is 4.77. The van der Waals surface area contributed by atoms with Crippen LogP contribution in [0.2, 0.25) is 0 Å². The number of nitrogens with zero attached hydrogens (tertiary/aromatic N) is 4. The Morgan fingerprint density at radius 3 is 2.47 bits per heavy atom. The number of fused-ring (bicyclic) bond motifs is 2. The molecule has 0 fully saturated rings. The first-order valence-electron chi connectivity index (χ1n) is 10.2. The molecule has 2 heterocycles. The van der Waals surface area contributed by atoms with Gasteiger partial charge in [-0.05, 0) is 30.7 Å². The predicted octanol–water partition coefficient (Wildman–Crippen LogP) is 5.51. The standard InChI is InChI=1S/C25H23N5/c1-2-30-24-15-9-7-13-22(24)27-25(30)28-26-16-20-18-29(17-19-10-4-3-5-11-19)23-14-8-6-12-21(20)23/h3-16,18H,2,17H2,1H3,(H,27,28)/b26-16-. The molecule has 0 aliphatic carbocycles. The molecular formula is C25H23N5. The largest absolute Gasteiger partial charge is 0.342 e. The van der Waals surface area contributed by atoms with Crippen molar-refractivity contribution in [3.05, 3.63) is 96.2 Å². The fraction of sp³-hybridized carbons (Fsp3) is 0.120. The summed E-state index contributed by atoms with van der Waals surface area (Å²) in [6.07, 6.45) is 4.04. The Hall–Kier alpha value is -3.86. The van der Waals surface area contributed by atoms with Crippen molar-refractivity contribution in [3.63, 3.8) is 0 Å². The number of rotatable bonds is 6. The molecular weight excluding hydrogens is 370 g/mol. The Morgan fingerprint density at radius 2 is 1.63 bits per heavy atom. The maximum atomic E-state index is 4.67. The SMILES string of the molecule is CCn1c(N/N=C\c2cn(Cc3ccccc3)c3ccccc23)nc2ccccc21. The Balaban J connectivity index is 1.45. The zero-order valence-corrected chi connectivity index (χ0v) is 16.9. The molecule has 0 atom stereocenters. The van der Waals surface area contributed by atoms with Crippen molar-refractivity contribution in [3.8, 4) is 0 Å². The molecule has 5 heteroatoms. The van der Waals surface area contributed by atoms with Crippen molar-refractivity contribution >= 4 is 34.1 Å². The molecule has 0 aliphatic heterocycles. The van der Waals surface area contributed by atoms with Crippen molar-refractivity contribution in [2.75, 3.05) is 5.43 Å². The van der Waals surface area contributed by atoms with Gasteiger partial charge in [-0.25, -0.2) is 10.4 Å². The molecule has 0 saturated carbocycles. The lowest BCUT2D eigenvalue weighted by molar-refractivity contribution is 0.791. The average molecular weight is 393 g/mol. The molecule has 148 valence electrons. The van der Waals surface area contributed by atoms with Gasteiger partial charge in [0.1, 0.15) is 0 Å². The van der Waals surface area contributed by atoms with Gasteiger partial charge in [0.25, 0.3) is 0 Å². The molecule has 30 heavy (non-hydrogen) atoms. The molecule has 5 nitrogen and oxygen atoms in total. The van der Waals surface area contributed by atoms with E-state index in [1.165, 1.54) is 16.5 Å². The first-order chi connectivity index (χ1) is 14.8. The van der Waals surface area contributed by atoms with Crippen LogP contribution < -0.4 is 5.43 Å². The van der Waals surface area contributed by atoms with Gasteiger partial charge >= 0.3 is 0 Å². The third-order valence-electron chi connectivity index (χ3n) is 5.35. The molecule has 0 radical (unpaired) electrons. The highest BCUT2D eigenvalue weighted by molar-refractivity contribution is 5.99. The number of hydrogen-bond acceptors (Lipinski definition) is 3. The molecule has 0 spiro atoms. The normalized spacial score (nSPS) is 11.6. The van der Waals surface area contributed by atoms with Gasteiger partial charge in [-0.1, -0.05) is 60.7 Å². The number of aromatic nitrogens is 3. The summed E-state index contributed by atoms with van der Waals surface area (Å²) in [5.41, 5.74) is 8.76.